The number of allylic oxidation sites excluding steroid dienone is 1. The van der Waals surface area contributed by atoms with Crippen LogP contribution in [-0.2, 0) is 19.8 Å². The zero-order valence-corrected chi connectivity index (χ0v) is 15.2. The standard InChI is InChI=1S/C16H23N5S2/c1-3-6-20-14(2)17-21(16(20)22)13-19-9-7-18(8-10-19)12-15-5-4-11-23-15/h3-5,11H,1,6-10,12-13H2,2H3. The monoisotopic (exact) mass is 349 g/mol. The topological polar surface area (TPSA) is 29.2 Å². The van der Waals surface area contributed by atoms with Crippen molar-refractivity contribution < 1.29 is 0 Å². The van der Waals surface area contributed by atoms with Crippen molar-refractivity contribution in [2.75, 3.05) is 26.2 Å². The van der Waals surface area contributed by atoms with Gasteiger partial charge in [0.2, 0.25) is 0 Å². The van der Waals surface area contributed by atoms with Gasteiger partial charge in [-0.15, -0.1) is 17.9 Å². The molecule has 0 atom stereocenters. The fraction of sp³-hybridized carbons (Fsp3) is 0.500. The highest BCUT2D eigenvalue weighted by molar-refractivity contribution is 7.71. The first-order valence-electron chi connectivity index (χ1n) is 7.89. The summed E-state index contributed by atoms with van der Waals surface area (Å²) < 4.78 is 4.74. The predicted molar refractivity (Wildman–Crippen MR) is 97.2 cm³/mol. The van der Waals surface area contributed by atoms with E-state index >= 15 is 0 Å². The van der Waals surface area contributed by atoms with E-state index in [2.05, 4.69) is 39.0 Å². The second-order valence-corrected chi connectivity index (χ2v) is 7.24. The van der Waals surface area contributed by atoms with Gasteiger partial charge in [-0.25, -0.2) is 4.68 Å². The lowest BCUT2D eigenvalue weighted by atomic mass is 10.3. The molecule has 5 nitrogen and oxygen atoms in total. The lowest BCUT2D eigenvalue weighted by Gasteiger charge is -2.34. The van der Waals surface area contributed by atoms with Gasteiger partial charge < -0.3 is 4.57 Å². The number of hydrogen-bond acceptors (Lipinski definition) is 5. The maximum Gasteiger partial charge on any atom is 0.199 e. The Hall–Kier alpha value is -1.28. The van der Waals surface area contributed by atoms with Crippen LogP contribution >= 0.6 is 23.6 Å². The van der Waals surface area contributed by atoms with Crippen molar-refractivity contribution in [3.63, 3.8) is 0 Å². The highest BCUT2D eigenvalue weighted by Gasteiger charge is 2.18. The Labute approximate surface area is 146 Å². The van der Waals surface area contributed by atoms with Crippen molar-refractivity contribution >= 4 is 23.6 Å². The lowest BCUT2D eigenvalue weighted by Crippen LogP contribution is -2.46. The predicted octanol–water partition coefficient (Wildman–Crippen LogP) is 2.75. The second kappa shape index (κ2) is 7.53. The van der Waals surface area contributed by atoms with Crippen LogP contribution in [0.15, 0.2) is 30.2 Å². The summed E-state index contributed by atoms with van der Waals surface area (Å²) in [5.41, 5.74) is 0. The number of aromatic nitrogens is 3. The Bertz CT molecular complexity index is 693. The summed E-state index contributed by atoms with van der Waals surface area (Å²) in [6.07, 6.45) is 1.86. The van der Waals surface area contributed by atoms with E-state index in [1.807, 2.05) is 33.6 Å². The second-order valence-electron chi connectivity index (χ2n) is 5.84. The normalized spacial score (nSPS) is 16.7. The molecule has 0 amide bonds. The molecule has 7 heteroatoms. The molecule has 0 radical (unpaired) electrons. The summed E-state index contributed by atoms with van der Waals surface area (Å²) in [5, 5.41) is 6.72. The lowest BCUT2D eigenvalue weighted by molar-refractivity contribution is 0.0986. The molecule has 3 rings (SSSR count). The zero-order chi connectivity index (χ0) is 16.2. The summed E-state index contributed by atoms with van der Waals surface area (Å²) in [5.74, 6) is 0.950. The number of rotatable bonds is 6. The van der Waals surface area contributed by atoms with Gasteiger partial charge in [0.05, 0.1) is 6.67 Å². The first kappa shape index (κ1) is 16.6. The van der Waals surface area contributed by atoms with Crippen molar-refractivity contribution in [2.45, 2.75) is 26.7 Å². The summed E-state index contributed by atoms with van der Waals surface area (Å²) in [6, 6.07) is 4.34. The molecule has 0 aromatic carbocycles. The van der Waals surface area contributed by atoms with E-state index in [0.29, 0.717) is 0 Å². The highest BCUT2D eigenvalue weighted by atomic mass is 32.1. The quantitative estimate of drug-likeness (QED) is 0.592. The minimum absolute atomic E-state index is 0.721. The molecule has 0 spiro atoms. The molecule has 1 saturated heterocycles. The van der Waals surface area contributed by atoms with Gasteiger partial charge in [-0.1, -0.05) is 12.1 Å². The molecule has 0 saturated carbocycles. The number of aryl methyl sites for hydroxylation is 1. The molecular weight excluding hydrogens is 326 g/mol. The van der Waals surface area contributed by atoms with E-state index in [1.165, 1.54) is 4.88 Å². The van der Waals surface area contributed by atoms with E-state index in [1.54, 1.807) is 0 Å². The van der Waals surface area contributed by atoms with Crippen LogP contribution in [0.4, 0.5) is 0 Å². The average Bonchev–Trinajstić information content (AvgIpc) is 3.14. The van der Waals surface area contributed by atoms with Crippen molar-refractivity contribution in [1.29, 1.82) is 0 Å². The molecule has 2 aromatic heterocycles. The minimum atomic E-state index is 0.721. The van der Waals surface area contributed by atoms with Crippen LogP contribution in [0.2, 0.25) is 0 Å². The largest absolute Gasteiger partial charge is 0.300 e. The smallest absolute Gasteiger partial charge is 0.199 e. The van der Waals surface area contributed by atoms with Crippen LogP contribution in [0.1, 0.15) is 10.7 Å². The molecule has 0 unspecified atom stereocenters. The number of nitrogens with zero attached hydrogens (tertiary/aromatic N) is 5. The first-order valence-corrected chi connectivity index (χ1v) is 9.18. The molecule has 0 aliphatic carbocycles. The highest BCUT2D eigenvalue weighted by Crippen LogP contribution is 2.14. The minimum Gasteiger partial charge on any atom is -0.300 e. The molecule has 0 N–H and O–H groups in total. The number of hydrogen-bond donors (Lipinski definition) is 0. The summed E-state index contributed by atoms with van der Waals surface area (Å²) in [7, 11) is 0. The van der Waals surface area contributed by atoms with Gasteiger partial charge in [-0.2, -0.15) is 5.10 Å². The fourth-order valence-corrected chi connectivity index (χ4v) is 3.93. The SMILES string of the molecule is C=CCn1c(C)nn(CN2CCN(Cc3cccs3)CC2)c1=S. The molecule has 1 aliphatic heterocycles. The van der Waals surface area contributed by atoms with E-state index in [4.69, 9.17) is 12.2 Å². The summed E-state index contributed by atoms with van der Waals surface area (Å²) >= 11 is 7.36. The van der Waals surface area contributed by atoms with E-state index in [9.17, 15) is 0 Å². The molecule has 124 valence electrons. The van der Waals surface area contributed by atoms with Crippen LogP contribution in [0.5, 0.6) is 0 Å². The third kappa shape index (κ3) is 3.98. The average molecular weight is 350 g/mol. The van der Waals surface area contributed by atoms with Crippen LogP contribution in [-0.4, -0.2) is 50.3 Å². The number of thiophene rings is 1. The molecule has 23 heavy (non-hydrogen) atoms. The van der Waals surface area contributed by atoms with Crippen LogP contribution in [0.25, 0.3) is 0 Å². The third-order valence-electron chi connectivity index (χ3n) is 4.18. The van der Waals surface area contributed by atoms with E-state index in [-0.39, 0.29) is 0 Å². The Morgan fingerprint density at radius 3 is 2.70 bits per heavy atom. The van der Waals surface area contributed by atoms with Crippen LogP contribution < -0.4 is 0 Å². The molecule has 2 aromatic rings. The van der Waals surface area contributed by atoms with Crippen molar-refractivity contribution in [1.82, 2.24) is 24.1 Å². The van der Waals surface area contributed by atoms with Gasteiger partial charge in [0.15, 0.2) is 4.77 Å². The van der Waals surface area contributed by atoms with Crippen LogP contribution in [0.3, 0.4) is 0 Å². The van der Waals surface area contributed by atoms with Crippen molar-refractivity contribution in [3.05, 3.63) is 45.6 Å². The van der Waals surface area contributed by atoms with Crippen molar-refractivity contribution in [2.24, 2.45) is 0 Å². The molecular formula is C16H23N5S2. The van der Waals surface area contributed by atoms with Gasteiger partial charge in [0, 0.05) is 44.1 Å². The maximum absolute atomic E-state index is 5.53. The van der Waals surface area contributed by atoms with Crippen LogP contribution in [0, 0.1) is 11.7 Å². The summed E-state index contributed by atoms with van der Waals surface area (Å²) in [6.45, 7) is 12.6. The number of piperazine rings is 1. The van der Waals surface area contributed by atoms with Crippen molar-refractivity contribution in [3.8, 4) is 0 Å². The van der Waals surface area contributed by atoms with E-state index < -0.39 is 0 Å². The van der Waals surface area contributed by atoms with Gasteiger partial charge >= 0.3 is 0 Å². The van der Waals surface area contributed by atoms with Gasteiger partial charge in [-0.3, -0.25) is 9.80 Å². The fourth-order valence-electron chi connectivity index (χ4n) is 2.88. The van der Waals surface area contributed by atoms with Gasteiger partial charge in [-0.05, 0) is 30.6 Å². The maximum atomic E-state index is 5.53. The molecule has 3 heterocycles. The summed E-state index contributed by atoms with van der Waals surface area (Å²) in [4.78, 5) is 6.38. The Morgan fingerprint density at radius 2 is 2.04 bits per heavy atom. The zero-order valence-electron chi connectivity index (χ0n) is 13.5. The Kier molecular flexibility index (Phi) is 5.42. The molecule has 0 bridgehead atoms. The third-order valence-corrected chi connectivity index (χ3v) is 5.47. The van der Waals surface area contributed by atoms with E-state index in [0.717, 1.165) is 56.5 Å². The molecule has 1 aliphatic rings. The van der Waals surface area contributed by atoms with Gasteiger partial charge in [0.25, 0.3) is 0 Å². The first-order chi connectivity index (χ1) is 11.2. The van der Waals surface area contributed by atoms with Gasteiger partial charge in [0.1, 0.15) is 5.82 Å². The molecule has 1 fully saturated rings. The Morgan fingerprint density at radius 1 is 1.30 bits per heavy atom. The Balaban J connectivity index is 1.55.